The second-order valence-corrected chi connectivity index (χ2v) is 4.57. The Morgan fingerprint density at radius 1 is 1.56 bits per heavy atom. The fourth-order valence-electron chi connectivity index (χ4n) is 1.46. The largest absolute Gasteiger partial charge is 0.390 e. The predicted octanol–water partition coefficient (Wildman–Crippen LogP) is 0.717. The summed E-state index contributed by atoms with van der Waals surface area (Å²) in [5.41, 5.74) is 0.679. The highest BCUT2D eigenvalue weighted by atomic mass is 127. The van der Waals surface area contributed by atoms with Crippen molar-refractivity contribution < 1.29 is 5.11 Å². The zero-order chi connectivity index (χ0) is 13.0. The van der Waals surface area contributed by atoms with Gasteiger partial charge in [-0.25, -0.2) is 9.67 Å². The van der Waals surface area contributed by atoms with Gasteiger partial charge in [0, 0.05) is 22.0 Å². The van der Waals surface area contributed by atoms with E-state index in [0.29, 0.717) is 23.2 Å². The Balaban J connectivity index is 2.04. The first-order valence-corrected chi connectivity index (χ1v) is 6.73. The molecule has 0 spiro atoms. The molecule has 0 radical (unpaired) electrons. The van der Waals surface area contributed by atoms with Crippen LogP contribution >= 0.6 is 22.6 Å². The van der Waals surface area contributed by atoms with Crippen molar-refractivity contribution >= 4 is 28.5 Å². The molecule has 1 atom stereocenters. The van der Waals surface area contributed by atoms with E-state index in [1.165, 1.54) is 6.20 Å². The summed E-state index contributed by atoms with van der Waals surface area (Å²) in [6.45, 7) is 0.778. The predicted molar refractivity (Wildman–Crippen MR) is 71.7 cm³/mol. The fraction of sp³-hybridized carbons (Fsp3) is 0.444. The molecule has 96 valence electrons. The van der Waals surface area contributed by atoms with Gasteiger partial charge in [0.2, 0.25) is 0 Å². The molecular weight excluding hydrogens is 351 g/mol. The van der Waals surface area contributed by atoms with Crippen molar-refractivity contribution in [1.82, 2.24) is 24.5 Å². The van der Waals surface area contributed by atoms with Gasteiger partial charge in [-0.05, 0) is 0 Å². The molecule has 0 aliphatic rings. The van der Waals surface area contributed by atoms with Crippen LogP contribution in [0.15, 0.2) is 23.8 Å². The van der Waals surface area contributed by atoms with Crippen molar-refractivity contribution in [3.63, 3.8) is 0 Å². The number of aliphatic hydroxyl groups is 1. The molecule has 2 heterocycles. The minimum absolute atomic E-state index is 0.108. The molecule has 9 heteroatoms. The number of halogens is 1. The number of imidazole rings is 1. The van der Waals surface area contributed by atoms with Crippen molar-refractivity contribution in [2.75, 3.05) is 4.43 Å². The summed E-state index contributed by atoms with van der Waals surface area (Å²) in [7, 11) is 0. The van der Waals surface area contributed by atoms with E-state index in [2.05, 4.69) is 43.1 Å². The third-order valence-electron chi connectivity index (χ3n) is 2.27. The molecule has 0 aromatic carbocycles. The molecule has 0 saturated carbocycles. The topological polar surface area (TPSA) is 98.2 Å². The van der Waals surface area contributed by atoms with E-state index in [0.717, 1.165) is 0 Å². The van der Waals surface area contributed by atoms with Gasteiger partial charge in [0.15, 0.2) is 0 Å². The number of alkyl halides is 1. The SMILES string of the molecule is O=Nc1nccn1Cc1cn(CC(O)CI)nn1. The van der Waals surface area contributed by atoms with Gasteiger partial charge >= 0.3 is 0 Å². The maximum absolute atomic E-state index is 10.5. The highest BCUT2D eigenvalue weighted by Crippen LogP contribution is 2.10. The van der Waals surface area contributed by atoms with Gasteiger partial charge in [-0.2, -0.15) is 0 Å². The third-order valence-corrected chi connectivity index (χ3v) is 3.29. The number of nitroso groups, excluding NO2 is 1. The standard InChI is InChI=1S/C9H11IN6O2/c10-3-8(17)6-16-5-7(12-14-16)4-15-2-1-11-9(15)13-18/h1-2,5,8,17H,3-4,6H2. The Hall–Kier alpha value is -1.36. The minimum atomic E-state index is -0.444. The zero-order valence-electron chi connectivity index (χ0n) is 9.35. The number of aromatic nitrogens is 5. The zero-order valence-corrected chi connectivity index (χ0v) is 11.5. The maximum atomic E-state index is 10.5. The first-order valence-electron chi connectivity index (χ1n) is 5.20. The molecule has 1 N–H and O–H groups in total. The summed E-state index contributed by atoms with van der Waals surface area (Å²) in [6.07, 6.45) is 4.43. The molecule has 0 aliphatic carbocycles. The molecule has 18 heavy (non-hydrogen) atoms. The normalized spacial score (nSPS) is 12.6. The van der Waals surface area contributed by atoms with Gasteiger partial charge in [0.05, 0.1) is 25.4 Å². The molecule has 0 amide bonds. The molecular formula is C9H11IN6O2. The van der Waals surface area contributed by atoms with Crippen LogP contribution in [0.3, 0.4) is 0 Å². The van der Waals surface area contributed by atoms with Gasteiger partial charge in [0.25, 0.3) is 5.95 Å². The Morgan fingerprint density at radius 3 is 3.11 bits per heavy atom. The number of hydrogen-bond acceptors (Lipinski definition) is 6. The Morgan fingerprint density at radius 2 is 2.39 bits per heavy atom. The Kier molecular flexibility index (Phi) is 4.36. The van der Waals surface area contributed by atoms with E-state index in [9.17, 15) is 10.0 Å². The molecule has 2 rings (SSSR count). The first-order chi connectivity index (χ1) is 8.72. The molecule has 0 bridgehead atoms. The van der Waals surface area contributed by atoms with E-state index in [1.54, 1.807) is 21.6 Å². The van der Waals surface area contributed by atoms with Crippen molar-refractivity contribution in [2.45, 2.75) is 19.2 Å². The first kappa shape index (κ1) is 13.1. The lowest BCUT2D eigenvalue weighted by atomic mass is 10.4. The van der Waals surface area contributed by atoms with Crippen molar-refractivity contribution in [3.8, 4) is 0 Å². The summed E-state index contributed by atoms with van der Waals surface area (Å²) >= 11 is 2.10. The van der Waals surface area contributed by atoms with Crippen molar-refractivity contribution in [3.05, 3.63) is 29.2 Å². The van der Waals surface area contributed by atoms with E-state index in [-0.39, 0.29) is 5.95 Å². The Labute approximate surface area is 116 Å². The Bertz CT molecular complexity index is 525. The highest BCUT2D eigenvalue weighted by molar-refractivity contribution is 14.1. The quantitative estimate of drug-likeness (QED) is 0.464. The van der Waals surface area contributed by atoms with Crippen LogP contribution in [0.25, 0.3) is 0 Å². The van der Waals surface area contributed by atoms with Gasteiger partial charge in [0.1, 0.15) is 5.69 Å². The molecule has 8 nitrogen and oxygen atoms in total. The van der Waals surface area contributed by atoms with Gasteiger partial charge in [-0.3, -0.25) is 0 Å². The van der Waals surface area contributed by atoms with Gasteiger partial charge < -0.3 is 9.67 Å². The third kappa shape index (κ3) is 3.10. The summed E-state index contributed by atoms with van der Waals surface area (Å²) in [4.78, 5) is 14.2. The second-order valence-electron chi connectivity index (χ2n) is 3.69. The van der Waals surface area contributed by atoms with Crippen LogP contribution in [0.2, 0.25) is 0 Å². The minimum Gasteiger partial charge on any atom is -0.390 e. The van der Waals surface area contributed by atoms with Crippen LogP contribution in [-0.2, 0) is 13.1 Å². The summed E-state index contributed by atoms with van der Waals surface area (Å²) in [5, 5.41) is 20.2. The molecule has 2 aromatic rings. The highest BCUT2D eigenvalue weighted by Gasteiger charge is 2.08. The average molecular weight is 362 g/mol. The van der Waals surface area contributed by atoms with Crippen LogP contribution in [0.5, 0.6) is 0 Å². The van der Waals surface area contributed by atoms with Gasteiger partial charge in [-0.15, -0.1) is 10.0 Å². The van der Waals surface area contributed by atoms with Crippen LogP contribution in [0.1, 0.15) is 5.69 Å². The molecule has 0 fully saturated rings. The maximum Gasteiger partial charge on any atom is 0.271 e. The lowest BCUT2D eigenvalue weighted by Gasteiger charge is -2.04. The number of aliphatic hydroxyl groups excluding tert-OH is 1. The van der Waals surface area contributed by atoms with Crippen LogP contribution in [-0.4, -0.2) is 40.2 Å². The molecule has 0 aliphatic heterocycles. The lowest BCUT2D eigenvalue weighted by Crippen LogP contribution is -2.17. The summed E-state index contributed by atoms with van der Waals surface area (Å²) < 4.78 is 3.79. The van der Waals surface area contributed by atoms with E-state index in [4.69, 9.17) is 0 Å². The number of rotatable bonds is 6. The van der Waals surface area contributed by atoms with Crippen LogP contribution in [0.4, 0.5) is 5.95 Å². The van der Waals surface area contributed by atoms with Gasteiger partial charge in [-0.1, -0.05) is 27.8 Å². The lowest BCUT2D eigenvalue weighted by molar-refractivity contribution is 0.175. The molecule has 1 unspecified atom stereocenters. The summed E-state index contributed by atoms with van der Waals surface area (Å²) in [6, 6.07) is 0. The van der Waals surface area contributed by atoms with Crippen LogP contribution in [0, 0.1) is 4.91 Å². The van der Waals surface area contributed by atoms with Crippen molar-refractivity contribution in [1.29, 1.82) is 0 Å². The van der Waals surface area contributed by atoms with E-state index < -0.39 is 6.10 Å². The molecule has 0 saturated heterocycles. The second kappa shape index (κ2) is 6.00. The van der Waals surface area contributed by atoms with E-state index in [1.807, 2.05) is 0 Å². The number of nitrogens with zero attached hydrogens (tertiary/aromatic N) is 6. The fourth-order valence-corrected chi connectivity index (χ4v) is 1.74. The van der Waals surface area contributed by atoms with Crippen LogP contribution < -0.4 is 0 Å². The van der Waals surface area contributed by atoms with E-state index >= 15 is 0 Å². The number of hydrogen-bond donors (Lipinski definition) is 1. The molecule has 2 aromatic heterocycles. The van der Waals surface area contributed by atoms with Crippen molar-refractivity contribution in [2.24, 2.45) is 5.18 Å². The monoisotopic (exact) mass is 362 g/mol. The smallest absolute Gasteiger partial charge is 0.271 e. The summed E-state index contributed by atoms with van der Waals surface area (Å²) in [5.74, 6) is 0.108. The average Bonchev–Trinajstić information content (AvgIpc) is 2.99.